The lowest BCUT2D eigenvalue weighted by Gasteiger charge is -2.18. The second-order valence-corrected chi connectivity index (χ2v) is 4.88. The maximum Gasteiger partial charge on any atom is 0.123 e. The van der Waals surface area contributed by atoms with E-state index in [4.69, 9.17) is 10.5 Å². The lowest BCUT2D eigenvalue weighted by molar-refractivity contribution is 0.414. The molecule has 1 unspecified atom stereocenters. The summed E-state index contributed by atoms with van der Waals surface area (Å²) in [6.07, 6.45) is 0.747. The average Bonchev–Trinajstić information content (AvgIpc) is 2.30. The van der Waals surface area contributed by atoms with Gasteiger partial charge in [0.25, 0.3) is 0 Å². The van der Waals surface area contributed by atoms with Crippen molar-refractivity contribution in [3.05, 3.63) is 28.2 Å². The third kappa shape index (κ3) is 2.49. The summed E-state index contributed by atoms with van der Waals surface area (Å²) in [7, 11) is 1.65. The monoisotopic (exact) mass is 295 g/mol. The number of ether oxygens (including phenoxy) is 1. The summed E-state index contributed by atoms with van der Waals surface area (Å²) < 4.78 is 6.12. The van der Waals surface area contributed by atoms with Crippen LogP contribution in [0.3, 0.4) is 0 Å². The van der Waals surface area contributed by atoms with Gasteiger partial charge in [0.1, 0.15) is 11.6 Å². The first kappa shape index (κ1) is 12.1. The molecule has 0 aliphatic carbocycles. The molecule has 0 bridgehead atoms. The molecule has 90 valence electrons. The first-order chi connectivity index (χ1) is 8.11. The molecule has 1 atom stereocenters. The van der Waals surface area contributed by atoms with Crippen molar-refractivity contribution in [2.45, 2.75) is 13.3 Å². The molecule has 1 aliphatic rings. The van der Waals surface area contributed by atoms with E-state index in [1.807, 2.05) is 18.2 Å². The number of halogens is 1. The van der Waals surface area contributed by atoms with Crippen LogP contribution in [0, 0.1) is 5.92 Å². The predicted octanol–water partition coefficient (Wildman–Crippen LogP) is 2.56. The topological polar surface area (TPSA) is 60.0 Å². The Morgan fingerprint density at radius 1 is 1.41 bits per heavy atom. The zero-order chi connectivity index (χ0) is 12.4. The Bertz CT molecular complexity index is 497. The van der Waals surface area contributed by atoms with Gasteiger partial charge in [-0.3, -0.25) is 0 Å². The highest BCUT2D eigenvalue weighted by molar-refractivity contribution is 9.10. The largest absolute Gasteiger partial charge is 0.497 e. The van der Waals surface area contributed by atoms with Crippen molar-refractivity contribution < 1.29 is 4.74 Å². The van der Waals surface area contributed by atoms with Crippen LogP contribution in [0.15, 0.2) is 32.9 Å². The fraction of sp³-hybridized carbons (Fsp3) is 0.333. The number of hydrogen-bond donors (Lipinski definition) is 1. The van der Waals surface area contributed by atoms with Crippen molar-refractivity contribution in [3.8, 4) is 5.75 Å². The average molecular weight is 296 g/mol. The van der Waals surface area contributed by atoms with E-state index in [1.165, 1.54) is 0 Å². The van der Waals surface area contributed by atoms with Crippen molar-refractivity contribution in [2.24, 2.45) is 21.9 Å². The van der Waals surface area contributed by atoms with Gasteiger partial charge in [0, 0.05) is 22.4 Å². The van der Waals surface area contributed by atoms with Crippen LogP contribution < -0.4 is 10.5 Å². The SMILES string of the molecule is COc1ccc(C2=NN=C(N)CC2C)c(Br)c1. The number of amidine groups is 1. The molecule has 0 amide bonds. The minimum absolute atomic E-state index is 0.275. The van der Waals surface area contributed by atoms with Crippen molar-refractivity contribution >= 4 is 27.5 Å². The van der Waals surface area contributed by atoms with Gasteiger partial charge in [-0.15, -0.1) is 5.10 Å². The molecule has 17 heavy (non-hydrogen) atoms. The molecule has 0 radical (unpaired) electrons. The maximum absolute atomic E-state index is 5.66. The summed E-state index contributed by atoms with van der Waals surface area (Å²) in [5, 5.41) is 8.14. The molecular weight excluding hydrogens is 282 g/mol. The van der Waals surface area contributed by atoms with Gasteiger partial charge in [-0.05, 0) is 34.1 Å². The van der Waals surface area contributed by atoms with Crippen LogP contribution in [0.25, 0.3) is 0 Å². The van der Waals surface area contributed by atoms with Gasteiger partial charge in [0.05, 0.1) is 12.8 Å². The fourth-order valence-corrected chi connectivity index (χ4v) is 2.38. The van der Waals surface area contributed by atoms with Crippen LogP contribution in [0.1, 0.15) is 18.9 Å². The maximum atomic E-state index is 5.66. The number of rotatable bonds is 2. The van der Waals surface area contributed by atoms with Crippen LogP contribution >= 0.6 is 15.9 Å². The van der Waals surface area contributed by atoms with Gasteiger partial charge >= 0.3 is 0 Å². The van der Waals surface area contributed by atoms with Crippen LogP contribution in [0.4, 0.5) is 0 Å². The lowest BCUT2D eigenvalue weighted by atomic mass is 9.94. The number of hydrogen-bond acceptors (Lipinski definition) is 4. The van der Waals surface area contributed by atoms with E-state index in [0.717, 1.165) is 27.9 Å². The highest BCUT2D eigenvalue weighted by Gasteiger charge is 2.20. The van der Waals surface area contributed by atoms with Crippen molar-refractivity contribution in [3.63, 3.8) is 0 Å². The molecule has 0 saturated heterocycles. The van der Waals surface area contributed by atoms with Gasteiger partial charge in [-0.1, -0.05) is 6.92 Å². The van der Waals surface area contributed by atoms with E-state index in [2.05, 4.69) is 33.1 Å². The number of nitrogens with zero attached hydrogens (tertiary/aromatic N) is 2. The first-order valence-electron chi connectivity index (χ1n) is 5.35. The van der Waals surface area contributed by atoms with E-state index in [-0.39, 0.29) is 5.92 Å². The molecule has 2 rings (SSSR count). The van der Waals surface area contributed by atoms with Crippen LogP contribution in [0.5, 0.6) is 5.75 Å². The van der Waals surface area contributed by atoms with Crippen molar-refractivity contribution in [2.75, 3.05) is 7.11 Å². The molecule has 5 heteroatoms. The third-order valence-corrected chi connectivity index (χ3v) is 3.38. The summed E-state index contributed by atoms with van der Waals surface area (Å²) in [6.45, 7) is 2.09. The molecule has 0 fully saturated rings. The molecule has 0 saturated carbocycles. The Kier molecular flexibility index (Phi) is 3.47. The number of nitrogens with two attached hydrogens (primary N) is 1. The summed E-state index contributed by atoms with van der Waals surface area (Å²) >= 11 is 3.53. The van der Waals surface area contributed by atoms with E-state index in [1.54, 1.807) is 7.11 Å². The lowest BCUT2D eigenvalue weighted by Crippen LogP contribution is -2.25. The zero-order valence-corrected chi connectivity index (χ0v) is 11.4. The van der Waals surface area contributed by atoms with E-state index in [0.29, 0.717) is 5.84 Å². The summed E-state index contributed by atoms with van der Waals surface area (Å²) in [5.74, 6) is 1.68. The fourth-order valence-electron chi connectivity index (χ4n) is 1.82. The van der Waals surface area contributed by atoms with Gasteiger partial charge in [-0.2, -0.15) is 5.10 Å². The second-order valence-electron chi connectivity index (χ2n) is 4.03. The van der Waals surface area contributed by atoms with Crippen LogP contribution in [-0.4, -0.2) is 18.7 Å². The first-order valence-corrected chi connectivity index (χ1v) is 6.15. The Morgan fingerprint density at radius 3 is 2.76 bits per heavy atom. The predicted molar refractivity (Wildman–Crippen MR) is 72.6 cm³/mol. The van der Waals surface area contributed by atoms with Crippen LogP contribution in [0.2, 0.25) is 0 Å². The second kappa shape index (κ2) is 4.87. The Hall–Kier alpha value is -1.36. The molecule has 4 nitrogen and oxygen atoms in total. The molecule has 1 aromatic carbocycles. The van der Waals surface area contributed by atoms with Gasteiger partial charge in [0.15, 0.2) is 0 Å². The quantitative estimate of drug-likeness (QED) is 0.911. The van der Waals surface area contributed by atoms with Gasteiger partial charge in [-0.25, -0.2) is 0 Å². The minimum atomic E-state index is 0.275. The minimum Gasteiger partial charge on any atom is -0.497 e. The van der Waals surface area contributed by atoms with Crippen LogP contribution in [-0.2, 0) is 0 Å². The van der Waals surface area contributed by atoms with E-state index >= 15 is 0 Å². The molecule has 0 aromatic heterocycles. The third-order valence-electron chi connectivity index (χ3n) is 2.72. The van der Waals surface area contributed by atoms with Crippen molar-refractivity contribution in [1.82, 2.24) is 0 Å². The Balaban J connectivity index is 2.41. The molecule has 1 aromatic rings. The Morgan fingerprint density at radius 2 is 2.18 bits per heavy atom. The Labute approximate surface area is 109 Å². The van der Waals surface area contributed by atoms with E-state index < -0.39 is 0 Å². The standard InChI is InChI=1S/C12H14BrN3O/c1-7-5-11(14)15-16-12(7)9-4-3-8(17-2)6-10(9)13/h3-4,6-7H,5H2,1-2H3,(H2,14,15). The summed E-state index contributed by atoms with van der Waals surface area (Å²) in [6, 6.07) is 5.82. The summed E-state index contributed by atoms with van der Waals surface area (Å²) in [5.41, 5.74) is 7.65. The van der Waals surface area contributed by atoms with E-state index in [9.17, 15) is 0 Å². The number of methoxy groups -OCH3 is 1. The molecule has 1 aliphatic heterocycles. The zero-order valence-electron chi connectivity index (χ0n) is 9.77. The smallest absolute Gasteiger partial charge is 0.123 e. The summed E-state index contributed by atoms with van der Waals surface area (Å²) in [4.78, 5) is 0. The molecule has 2 N–H and O–H groups in total. The highest BCUT2D eigenvalue weighted by atomic mass is 79.9. The van der Waals surface area contributed by atoms with Crippen molar-refractivity contribution in [1.29, 1.82) is 0 Å². The molecular formula is C12H14BrN3O. The molecule has 1 heterocycles. The number of benzene rings is 1. The normalized spacial score (nSPS) is 19.6. The van der Waals surface area contributed by atoms with Gasteiger partial charge < -0.3 is 10.5 Å². The molecule has 0 spiro atoms. The highest BCUT2D eigenvalue weighted by Crippen LogP contribution is 2.27. The van der Waals surface area contributed by atoms with Gasteiger partial charge in [0.2, 0.25) is 0 Å².